The summed E-state index contributed by atoms with van der Waals surface area (Å²) in [5.41, 5.74) is 5.34. The third kappa shape index (κ3) is 9.05. The molecule has 2 N–H and O–H groups in total. The van der Waals surface area contributed by atoms with Crippen LogP contribution in [0.3, 0.4) is 0 Å². The number of hydrogen-bond donors (Lipinski definition) is 2. The molecule has 0 bridgehead atoms. The Kier molecular flexibility index (Phi) is 10.1. The molecule has 0 unspecified atom stereocenters. The van der Waals surface area contributed by atoms with Crippen molar-refractivity contribution in [2.75, 3.05) is 13.2 Å². The second-order valence-corrected chi connectivity index (χ2v) is 8.14. The van der Waals surface area contributed by atoms with E-state index >= 15 is 0 Å². The average Bonchev–Trinajstić information content (AvgIpc) is 2.57. The fraction of sp³-hybridized carbons (Fsp3) is 0.542. The van der Waals surface area contributed by atoms with Crippen LogP contribution in [0.4, 0.5) is 0 Å². The van der Waals surface area contributed by atoms with Crippen molar-refractivity contribution in [2.24, 2.45) is 5.41 Å². The highest BCUT2D eigenvalue weighted by Crippen LogP contribution is 2.40. The first-order valence-electron chi connectivity index (χ1n) is 10.1. The van der Waals surface area contributed by atoms with Crippen LogP contribution in [0.1, 0.15) is 66.7 Å². The molecule has 1 amide bonds. The first-order valence-corrected chi connectivity index (χ1v) is 10.1. The minimum absolute atomic E-state index is 0.0855. The topological polar surface area (TPSA) is 49.3 Å². The largest absolute Gasteiger partial charge is 0.396 e. The van der Waals surface area contributed by atoms with Crippen LogP contribution in [0, 0.1) is 5.41 Å². The van der Waals surface area contributed by atoms with Crippen LogP contribution in [-0.2, 0) is 4.79 Å². The molecule has 1 aliphatic rings. The van der Waals surface area contributed by atoms with Gasteiger partial charge in [-0.2, -0.15) is 0 Å². The van der Waals surface area contributed by atoms with Crippen molar-refractivity contribution in [3.05, 3.63) is 58.7 Å². The summed E-state index contributed by atoms with van der Waals surface area (Å²) in [5.74, 6) is -0.0855. The molecule has 3 heteroatoms. The maximum atomic E-state index is 11.8. The third-order valence-electron chi connectivity index (χ3n) is 5.02. The van der Waals surface area contributed by atoms with Gasteiger partial charge in [0.2, 0.25) is 5.91 Å². The average molecular weight is 372 g/mol. The SMILES string of the molecule is CC1=C(/C=C/C(C)=C/C=C/C(C)=C\C(=O)NCCCCO)C(C)(C)CCC1. The zero-order chi connectivity index (χ0) is 20.3. The molecule has 0 spiro atoms. The molecule has 1 rings (SSSR count). The van der Waals surface area contributed by atoms with E-state index in [1.54, 1.807) is 6.08 Å². The van der Waals surface area contributed by atoms with Gasteiger partial charge in [0.1, 0.15) is 0 Å². The van der Waals surface area contributed by atoms with Gasteiger partial charge in [-0.05, 0) is 69.4 Å². The van der Waals surface area contributed by atoms with E-state index in [1.165, 1.54) is 36.0 Å². The number of carbonyl (C=O) groups excluding carboxylic acids is 1. The van der Waals surface area contributed by atoms with Gasteiger partial charge in [-0.25, -0.2) is 0 Å². The minimum atomic E-state index is -0.0855. The van der Waals surface area contributed by atoms with Crippen LogP contribution in [-0.4, -0.2) is 24.2 Å². The normalized spacial score (nSPS) is 18.6. The Morgan fingerprint density at radius 2 is 1.93 bits per heavy atom. The lowest BCUT2D eigenvalue weighted by molar-refractivity contribution is -0.116. The Labute approximate surface area is 165 Å². The third-order valence-corrected chi connectivity index (χ3v) is 5.02. The molecule has 27 heavy (non-hydrogen) atoms. The first-order chi connectivity index (χ1) is 12.8. The van der Waals surface area contributed by atoms with Crippen LogP contribution >= 0.6 is 0 Å². The van der Waals surface area contributed by atoms with Crippen LogP contribution in [0.15, 0.2) is 58.7 Å². The van der Waals surface area contributed by atoms with Gasteiger partial charge in [-0.3, -0.25) is 4.79 Å². The van der Waals surface area contributed by atoms with Gasteiger partial charge in [0.25, 0.3) is 0 Å². The Bertz CT molecular complexity index is 645. The van der Waals surface area contributed by atoms with Crippen molar-refractivity contribution in [3.63, 3.8) is 0 Å². The maximum absolute atomic E-state index is 11.8. The van der Waals surface area contributed by atoms with Crippen molar-refractivity contribution < 1.29 is 9.90 Å². The van der Waals surface area contributed by atoms with Gasteiger partial charge >= 0.3 is 0 Å². The Hall–Kier alpha value is -1.87. The predicted molar refractivity (Wildman–Crippen MR) is 115 cm³/mol. The zero-order valence-corrected chi connectivity index (χ0v) is 17.8. The van der Waals surface area contributed by atoms with E-state index in [4.69, 9.17) is 5.11 Å². The molecule has 0 aliphatic heterocycles. The summed E-state index contributed by atoms with van der Waals surface area (Å²) >= 11 is 0. The van der Waals surface area contributed by atoms with Crippen molar-refractivity contribution in [3.8, 4) is 0 Å². The van der Waals surface area contributed by atoms with Crippen molar-refractivity contribution in [1.82, 2.24) is 5.32 Å². The fourth-order valence-electron chi connectivity index (χ4n) is 3.39. The number of amides is 1. The van der Waals surface area contributed by atoms with Gasteiger partial charge in [-0.15, -0.1) is 0 Å². The van der Waals surface area contributed by atoms with E-state index in [1.807, 2.05) is 19.1 Å². The van der Waals surface area contributed by atoms with E-state index in [2.05, 4.69) is 51.2 Å². The van der Waals surface area contributed by atoms with E-state index in [0.717, 1.165) is 12.0 Å². The lowest BCUT2D eigenvalue weighted by atomic mass is 9.72. The standard InChI is InChI=1S/C24H37NO2/c1-19(13-14-22-21(3)12-9-15-24(22,4)5)10-8-11-20(2)18-23(27)25-16-6-7-17-26/h8,10-11,13-14,18,26H,6-7,9,12,15-17H2,1-5H3,(H,25,27)/b11-8+,14-13+,19-10+,20-18-. The summed E-state index contributed by atoms with van der Waals surface area (Å²) in [7, 11) is 0. The molecular formula is C24H37NO2. The number of allylic oxidation sites excluding steroid dienone is 9. The van der Waals surface area contributed by atoms with E-state index in [0.29, 0.717) is 13.0 Å². The van der Waals surface area contributed by atoms with Crippen molar-refractivity contribution in [1.29, 1.82) is 0 Å². The molecule has 1 aliphatic carbocycles. The van der Waals surface area contributed by atoms with Crippen LogP contribution in [0.5, 0.6) is 0 Å². The molecule has 3 nitrogen and oxygen atoms in total. The van der Waals surface area contributed by atoms with Gasteiger partial charge < -0.3 is 10.4 Å². The summed E-state index contributed by atoms with van der Waals surface area (Å²) in [6.45, 7) is 11.7. The number of aliphatic hydroxyl groups excluding tert-OH is 1. The van der Waals surface area contributed by atoms with Gasteiger partial charge in [-0.1, -0.05) is 55.4 Å². The minimum Gasteiger partial charge on any atom is -0.396 e. The first kappa shape index (κ1) is 23.2. The lowest BCUT2D eigenvalue weighted by Crippen LogP contribution is -2.22. The highest BCUT2D eigenvalue weighted by atomic mass is 16.2. The Morgan fingerprint density at radius 1 is 1.19 bits per heavy atom. The summed E-state index contributed by atoms with van der Waals surface area (Å²) in [5, 5.41) is 11.5. The second-order valence-electron chi connectivity index (χ2n) is 8.14. The summed E-state index contributed by atoms with van der Waals surface area (Å²) in [6, 6.07) is 0. The Morgan fingerprint density at radius 3 is 2.59 bits per heavy atom. The zero-order valence-electron chi connectivity index (χ0n) is 17.8. The molecule has 0 saturated heterocycles. The summed E-state index contributed by atoms with van der Waals surface area (Å²) < 4.78 is 0. The van der Waals surface area contributed by atoms with Crippen LogP contribution in [0.25, 0.3) is 0 Å². The molecule has 150 valence electrons. The molecule has 0 saturated carbocycles. The van der Waals surface area contributed by atoms with Crippen LogP contribution in [0.2, 0.25) is 0 Å². The van der Waals surface area contributed by atoms with E-state index in [9.17, 15) is 4.79 Å². The summed E-state index contributed by atoms with van der Waals surface area (Å²) in [4.78, 5) is 11.8. The number of unbranched alkanes of at least 4 members (excludes halogenated alkanes) is 1. The molecule has 0 fully saturated rings. The lowest BCUT2D eigenvalue weighted by Gasteiger charge is -2.32. The van der Waals surface area contributed by atoms with Crippen molar-refractivity contribution in [2.45, 2.75) is 66.7 Å². The van der Waals surface area contributed by atoms with Gasteiger partial charge in [0, 0.05) is 19.2 Å². The van der Waals surface area contributed by atoms with Gasteiger partial charge in [0.15, 0.2) is 0 Å². The number of aliphatic hydroxyl groups is 1. The molecule has 0 aromatic heterocycles. The maximum Gasteiger partial charge on any atom is 0.244 e. The molecular weight excluding hydrogens is 334 g/mol. The summed E-state index contributed by atoms with van der Waals surface area (Å²) in [6.07, 6.45) is 17.3. The highest BCUT2D eigenvalue weighted by Gasteiger charge is 2.26. The Balaban J connectivity index is 2.60. The predicted octanol–water partition coefficient (Wildman–Crippen LogP) is 5.41. The number of rotatable bonds is 9. The molecule has 0 aromatic carbocycles. The molecule has 0 heterocycles. The number of hydrogen-bond acceptors (Lipinski definition) is 2. The smallest absolute Gasteiger partial charge is 0.244 e. The number of nitrogens with one attached hydrogen (secondary N) is 1. The quantitative estimate of drug-likeness (QED) is 0.323. The fourth-order valence-corrected chi connectivity index (χ4v) is 3.39. The monoisotopic (exact) mass is 371 g/mol. The molecule has 0 radical (unpaired) electrons. The number of carbonyl (C=O) groups is 1. The second kappa shape index (κ2) is 11.8. The van der Waals surface area contributed by atoms with Gasteiger partial charge in [0.05, 0.1) is 0 Å². The highest BCUT2D eigenvalue weighted by molar-refractivity contribution is 5.88. The van der Waals surface area contributed by atoms with Crippen LogP contribution < -0.4 is 5.32 Å². The van der Waals surface area contributed by atoms with E-state index < -0.39 is 0 Å². The van der Waals surface area contributed by atoms with Crippen molar-refractivity contribution >= 4 is 5.91 Å². The molecule has 0 aromatic rings. The molecule has 0 atom stereocenters. The van der Waals surface area contributed by atoms with E-state index in [-0.39, 0.29) is 17.9 Å².